The predicted octanol–water partition coefficient (Wildman–Crippen LogP) is 9.60. The van der Waals surface area contributed by atoms with Crippen LogP contribution in [0.5, 0.6) is 0 Å². The summed E-state index contributed by atoms with van der Waals surface area (Å²) in [6, 6.07) is 30.4. The second-order valence-corrected chi connectivity index (χ2v) is 27.2. The Morgan fingerprint density at radius 3 is 1.34 bits per heavy atom. The second-order valence-electron chi connectivity index (χ2n) is 24.0. The lowest BCUT2D eigenvalue weighted by atomic mass is 9.90. The molecule has 41 heteroatoms. The summed E-state index contributed by atoms with van der Waals surface area (Å²) in [6.45, 7) is 6.62. The van der Waals surface area contributed by atoms with Crippen molar-refractivity contribution in [3.05, 3.63) is 234 Å². The van der Waals surface area contributed by atoms with Crippen molar-refractivity contribution < 1.29 is 48.3 Å². The summed E-state index contributed by atoms with van der Waals surface area (Å²) >= 11 is 13.5. The first-order chi connectivity index (χ1) is 55.4. The molecule has 19 aromatic rings. The smallest absolute Gasteiger partial charge is 0.326 e. The number of imidazole rings is 4. The Balaban J connectivity index is 0.000000155. The Morgan fingerprint density at radius 1 is 0.526 bits per heavy atom. The molecule has 0 saturated carbocycles. The maximum atomic E-state index is 9.04. The number of rotatable bonds is 7. The number of hydrogen-bond acceptors (Lipinski definition) is 30. The third kappa shape index (κ3) is 24.4. The van der Waals surface area contributed by atoms with Crippen LogP contribution >= 0.6 is 66.1 Å². The summed E-state index contributed by atoms with van der Waals surface area (Å²) in [5, 5.41) is 33.4. The number of aldehydes is 1. The van der Waals surface area contributed by atoms with Gasteiger partial charge in [0.05, 0.1) is 44.6 Å². The minimum atomic E-state index is -0.944. The van der Waals surface area contributed by atoms with Crippen molar-refractivity contribution in [1.29, 1.82) is 0 Å². The van der Waals surface area contributed by atoms with E-state index >= 15 is 0 Å². The first-order valence-electron chi connectivity index (χ1n) is 33.9. The van der Waals surface area contributed by atoms with E-state index in [2.05, 4.69) is 134 Å². The van der Waals surface area contributed by atoms with E-state index in [4.69, 9.17) is 90.9 Å². The van der Waals surface area contributed by atoms with Gasteiger partial charge in [-0.1, -0.05) is 35.2 Å². The van der Waals surface area contributed by atoms with E-state index in [9.17, 15) is 0 Å². The highest BCUT2D eigenvalue weighted by Crippen LogP contribution is 2.30. The monoisotopic (exact) mass is 1820 g/mol. The number of nitrogen functional groups attached to an aromatic ring is 5. The largest absolute Gasteiger partial charge is 0.450 e. The number of carbonyl (C=O) groups is 1. The SMILES string of the molecule is Brc1cnc2nccn2c1.CC(O)C(C)(C)O.CCO.Nc1nc2cc(-c3cnc4ncc(-c5ccncc5)n4c3)ccc2o1.Nc1nc2cc(-c3cnc4ncc(I)n4c3)ccc2o1.Nc1nc2cc(-c3cnc4nccn4c3)ccc2o1.Nc1ncc(Br)cn1.O.O=CCCl.O[B]c1ccncc1.[B]c1ccc2oc(N)nc2c1. The molecule has 15 heterocycles. The quantitative estimate of drug-likeness (QED) is 0.0310. The molecule has 16 N–H and O–H groups in total. The number of carbonyl (C=O) groups excluding carboxylic acids is 1. The van der Waals surface area contributed by atoms with Gasteiger partial charge in [-0.3, -0.25) is 27.6 Å². The average molecular weight is 1830 g/mol. The number of halogens is 4. The molecule has 0 aliphatic rings. The molecular formula is C75H70B2Br2ClIN25O10. The Kier molecular flexibility index (Phi) is 31.4. The molecule has 15 aromatic heterocycles. The molecule has 0 saturated heterocycles. The van der Waals surface area contributed by atoms with E-state index in [0.29, 0.717) is 62.9 Å². The maximum absolute atomic E-state index is 9.04. The highest BCUT2D eigenvalue weighted by molar-refractivity contribution is 14.1. The highest BCUT2D eigenvalue weighted by atomic mass is 127. The molecule has 19 rings (SSSR count). The number of benzene rings is 4. The minimum Gasteiger partial charge on any atom is -0.450 e. The summed E-state index contributed by atoms with van der Waals surface area (Å²) in [6.07, 6.45) is 35.7. The number of hydrogen-bond donors (Lipinski definition) is 9. The van der Waals surface area contributed by atoms with Crippen LogP contribution in [0.4, 0.5) is 30.0 Å². The molecule has 0 aliphatic carbocycles. The molecule has 1 atom stereocenters. The van der Waals surface area contributed by atoms with E-state index < -0.39 is 11.7 Å². The number of fused-ring (bicyclic) bond motifs is 8. The molecule has 0 spiro atoms. The van der Waals surface area contributed by atoms with Crippen molar-refractivity contribution in [2.45, 2.75) is 39.4 Å². The van der Waals surface area contributed by atoms with E-state index in [-0.39, 0.29) is 42.0 Å². The van der Waals surface area contributed by atoms with Crippen molar-refractivity contribution in [2.75, 3.05) is 41.2 Å². The number of aromatic nitrogens is 20. The van der Waals surface area contributed by atoms with Crippen LogP contribution < -0.4 is 39.6 Å². The standard InChI is InChI=1S/C18H12N6O.C13H8IN5O.C13H9N5O.C7H5BN2O.C6H4BrN3.C5H5BNO.C5H12O2.C4H4BrN3.C2H3ClO.C2H6O.H2O/c19-17-23-14-7-12(1-2-16(14)25-17)13-8-21-18-22-9-15(24(18)10-13)11-3-5-20-6-4-11;14-11-5-17-13-16-4-8(6-19(11)13)7-1-2-10-9(3-7)18-12(15)20-10;14-12-17-10-5-8(1-2-11(10)19-12)9-6-16-13-15-3-4-18(13)7-9;8-4-1-2-6-5(3-4)10-7(9)11-6;7-5-3-9-6-8-1-2-10(6)4-5;8-6-5-1-3-7-4-2-5;1-4(6)5(2,3)7;5-3-1-7-4(6)8-2-3;3-1-2-4;1-2-3;/h1-10H,(H2,19,23);1-6H,(H2,15,18);1-7H,(H2,14,17);1-3H,(H2,9,10);1-4H;1-4,8H;4,6-7H,1-3H3;1-2H,(H2,6,7,8);2H,1H2;3H,2H2,1H3;1H2. The van der Waals surface area contributed by atoms with Crippen molar-refractivity contribution in [3.8, 4) is 44.6 Å². The molecule has 3 radical (unpaired) electrons. The Hall–Kier alpha value is -12.8. The van der Waals surface area contributed by atoms with E-state index in [0.717, 1.165) is 92.6 Å². The maximum Gasteiger partial charge on any atom is 0.326 e. The lowest BCUT2D eigenvalue weighted by Crippen LogP contribution is -2.32. The van der Waals surface area contributed by atoms with E-state index in [1.807, 2.05) is 128 Å². The molecule has 0 fully saturated rings. The van der Waals surface area contributed by atoms with Gasteiger partial charge in [0.2, 0.25) is 29.1 Å². The van der Waals surface area contributed by atoms with Crippen molar-refractivity contribution >= 4 is 196 Å². The van der Waals surface area contributed by atoms with Crippen LogP contribution in [-0.4, -0.2) is 169 Å². The number of nitrogens with two attached hydrogens (primary N) is 5. The van der Waals surface area contributed by atoms with Gasteiger partial charge in [0, 0.05) is 140 Å². The molecule has 0 aliphatic heterocycles. The van der Waals surface area contributed by atoms with Gasteiger partial charge in [-0.05, 0) is 172 Å². The molecule has 0 bridgehead atoms. The normalized spacial score (nSPS) is 10.8. The number of aliphatic hydroxyl groups excluding tert-OH is 2. The summed E-state index contributed by atoms with van der Waals surface area (Å²) in [4.78, 5) is 74.4. The molecule has 0 amide bonds. The van der Waals surface area contributed by atoms with Crippen molar-refractivity contribution in [3.63, 3.8) is 0 Å². The fourth-order valence-corrected chi connectivity index (χ4v) is 10.6. The van der Waals surface area contributed by atoms with Crippen molar-refractivity contribution in [1.82, 2.24) is 97.3 Å². The van der Waals surface area contributed by atoms with Gasteiger partial charge in [-0.2, -0.15) is 19.9 Å². The third-order valence-corrected chi connectivity index (χ3v) is 17.1. The van der Waals surface area contributed by atoms with Gasteiger partial charge in [0.15, 0.2) is 22.3 Å². The Bertz CT molecular complexity index is 6310. The first-order valence-corrected chi connectivity index (χ1v) is 37.1. The van der Waals surface area contributed by atoms with Crippen LogP contribution in [-0.2, 0) is 4.79 Å². The van der Waals surface area contributed by atoms with Crippen LogP contribution in [0.1, 0.15) is 27.7 Å². The van der Waals surface area contributed by atoms with Gasteiger partial charge in [0.25, 0.3) is 24.1 Å². The summed E-state index contributed by atoms with van der Waals surface area (Å²) in [7, 11) is 6.55. The summed E-state index contributed by atoms with van der Waals surface area (Å²) in [5.41, 5.74) is 41.2. The number of aliphatic hydroxyl groups is 3. The number of nitrogens with zero attached hydrogens (tertiary/aromatic N) is 20. The number of alkyl halides is 1. The summed E-state index contributed by atoms with van der Waals surface area (Å²) in [5.74, 6) is 3.14. The van der Waals surface area contributed by atoms with Crippen molar-refractivity contribution in [2.24, 2.45) is 0 Å². The fraction of sp³-hybridized carbons (Fsp3) is 0.107. The predicted molar refractivity (Wildman–Crippen MR) is 459 cm³/mol. The Labute approximate surface area is 695 Å². The fourth-order valence-electron chi connectivity index (χ4n) is 9.62. The minimum absolute atomic E-state index is 0. The lowest BCUT2D eigenvalue weighted by Gasteiger charge is -2.19. The van der Waals surface area contributed by atoms with E-state index in [1.165, 1.54) is 0 Å². The molecular weight excluding hydrogens is 1750 g/mol. The number of anilines is 5. The van der Waals surface area contributed by atoms with E-state index in [1.54, 1.807) is 139 Å². The molecule has 116 heavy (non-hydrogen) atoms. The first kappa shape index (κ1) is 87.2. The van der Waals surface area contributed by atoms with Gasteiger partial charge in [0.1, 0.15) is 39.9 Å². The topological polar surface area (TPSA) is 536 Å². The highest BCUT2D eigenvalue weighted by Gasteiger charge is 2.19. The molecule has 35 nitrogen and oxygen atoms in total. The zero-order valence-corrected chi connectivity index (χ0v) is 67.8. The van der Waals surface area contributed by atoms with Gasteiger partial charge in [-0.15, -0.1) is 11.6 Å². The van der Waals surface area contributed by atoms with Gasteiger partial charge in [-0.25, -0.2) is 49.8 Å². The lowest BCUT2D eigenvalue weighted by molar-refractivity contribution is -0.105. The molecule has 589 valence electrons. The number of oxazole rings is 4. The second kappa shape index (κ2) is 41.8. The van der Waals surface area contributed by atoms with Gasteiger partial charge >= 0.3 is 7.48 Å². The van der Waals surface area contributed by atoms with Crippen LogP contribution in [0.25, 0.3) is 112 Å². The number of pyridine rings is 2. The van der Waals surface area contributed by atoms with Crippen LogP contribution in [0.2, 0.25) is 0 Å². The average Bonchev–Trinajstić information content (AvgIpc) is 1.63. The van der Waals surface area contributed by atoms with Crippen LogP contribution in [0.15, 0.2) is 248 Å². The third-order valence-electron chi connectivity index (χ3n) is 15.3. The summed E-state index contributed by atoms with van der Waals surface area (Å²) < 4.78 is 31.3. The molecule has 1 unspecified atom stereocenters. The zero-order chi connectivity index (χ0) is 82.1. The Morgan fingerprint density at radius 2 is 0.905 bits per heavy atom. The zero-order valence-electron chi connectivity index (χ0n) is 61.7. The van der Waals surface area contributed by atoms with Gasteiger partial charge < -0.3 is 77.0 Å². The molecule has 4 aromatic carbocycles. The van der Waals surface area contributed by atoms with Crippen LogP contribution in [0, 0.1) is 3.70 Å². The van der Waals surface area contributed by atoms with Crippen LogP contribution in [0.3, 0.4) is 0 Å².